The third kappa shape index (κ3) is 5.50. The van der Waals surface area contributed by atoms with E-state index in [-0.39, 0.29) is 12.2 Å². The predicted octanol–water partition coefficient (Wildman–Crippen LogP) is 3.89. The van der Waals surface area contributed by atoms with Gasteiger partial charge in [0.15, 0.2) is 28.8 Å². The van der Waals surface area contributed by atoms with Crippen LogP contribution >= 0.6 is 0 Å². The molecular weight excluding hydrogens is 372 g/mol. The Morgan fingerprint density at radius 1 is 0.828 bits per heavy atom. The van der Waals surface area contributed by atoms with Gasteiger partial charge >= 0.3 is 0 Å². The first kappa shape index (κ1) is 21.8. The summed E-state index contributed by atoms with van der Waals surface area (Å²) < 4.78 is 21.4. The van der Waals surface area contributed by atoms with Crippen molar-refractivity contribution in [2.45, 2.75) is 12.8 Å². The van der Waals surface area contributed by atoms with Gasteiger partial charge in [-0.25, -0.2) is 4.79 Å². The third-order valence-electron chi connectivity index (χ3n) is 4.31. The highest BCUT2D eigenvalue weighted by Gasteiger charge is 2.14. The number of rotatable bonds is 10. The minimum atomic E-state index is -0.115. The molecule has 29 heavy (non-hydrogen) atoms. The van der Waals surface area contributed by atoms with Gasteiger partial charge < -0.3 is 18.9 Å². The van der Waals surface area contributed by atoms with E-state index in [0.29, 0.717) is 35.0 Å². The van der Waals surface area contributed by atoms with E-state index in [1.54, 1.807) is 64.7 Å². The van der Waals surface area contributed by atoms with Crippen LogP contribution in [-0.4, -0.2) is 40.2 Å². The monoisotopic (exact) mass is 396 g/mol. The summed E-state index contributed by atoms with van der Waals surface area (Å²) in [6, 6.07) is 10.9. The van der Waals surface area contributed by atoms with Gasteiger partial charge in [0.1, 0.15) is 5.94 Å². The summed E-state index contributed by atoms with van der Waals surface area (Å²) in [7, 11) is 6.23. The predicted molar refractivity (Wildman–Crippen MR) is 111 cm³/mol. The molecule has 0 spiro atoms. The van der Waals surface area contributed by atoms with Crippen LogP contribution in [0.5, 0.6) is 23.0 Å². The highest BCUT2D eigenvalue weighted by Crippen LogP contribution is 2.36. The van der Waals surface area contributed by atoms with Crippen LogP contribution in [0.15, 0.2) is 48.6 Å². The molecule has 0 bridgehead atoms. The Balaban J connectivity index is 2.57. The molecule has 152 valence electrons. The topological polar surface area (TPSA) is 71.1 Å². The number of allylic oxidation sites excluding steroid dienone is 2. The molecule has 0 aromatic heterocycles. The molecule has 0 aliphatic carbocycles. The van der Waals surface area contributed by atoms with Crippen molar-refractivity contribution < 1.29 is 28.5 Å². The Hall–Kier alpha value is -3.50. The van der Waals surface area contributed by atoms with Crippen molar-refractivity contribution in [3.05, 3.63) is 59.7 Å². The van der Waals surface area contributed by atoms with Crippen LogP contribution in [-0.2, 0) is 9.59 Å². The number of hydrogen-bond acceptors (Lipinski definition) is 6. The number of ether oxygens (including phenoxy) is 4. The molecule has 0 unspecified atom stereocenters. The second-order valence-corrected chi connectivity index (χ2v) is 6.02. The molecule has 0 aliphatic heterocycles. The molecular formula is C23H24O6. The highest BCUT2D eigenvalue weighted by molar-refractivity contribution is 6.00. The van der Waals surface area contributed by atoms with Gasteiger partial charge in [0.05, 0.1) is 28.4 Å². The molecule has 0 N–H and O–H groups in total. The van der Waals surface area contributed by atoms with Gasteiger partial charge in [-0.05, 0) is 53.5 Å². The average Bonchev–Trinajstić information content (AvgIpc) is 2.76. The number of methoxy groups -OCH3 is 4. The fourth-order valence-electron chi connectivity index (χ4n) is 2.85. The zero-order valence-electron chi connectivity index (χ0n) is 17.0. The number of carbonyl (C=O) groups excluding carboxylic acids is 2. The molecule has 0 aliphatic rings. The van der Waals surface area contributed by atoms with Crippen molar-refractivity contribution in [1.29, 1.82) is 0 Å². The lowest BCUT2D eigenvalue weighted by atomic mass is 9.95. The standard InChI is InChI=1S/C23H24O6/c1-26-20-10-8-16(13-22(20)28-3)19(15-18(25)7-5-6-12-24)17-9-11-21(27-2)23(14-17)29-4/h6,8-11,13-15H,5,7H2,1-4H3. The van der Waals surface area contributed by atoms with Gasteiger partial charge in [0.25, 0.3) is 0 Å². The molecule has 2 rings (SSSR count). The van der Waals surface area contributed by atoms with Crippen LogP contribution in [0.2, 0.25) is 0 Å². The second-order valence-electron chi connectivity index (χ2n) is 6.02. The summed E-state index contributed by atoms with van der Waals surface area (Å²) in [5, 5.41) is 0. The molecule has 0 amide bonds. The maximum atomic E-state index is 12.5. The summed E-state index contributed by atoms with van der Waals surface area (Å²) >= 11 is 0. The summed E-state index contributed by atoms with van der Waals surface area (Å²) in [4.78, 5) is 22.8. The zero-order valence-corrected chi connectivity index (χ0v) is 17.0. The fourth-order valence-corrected chi connectivity index (χ4v) is 2.85. The molecule has 0 radical (unpaired) electrons. The van der Waals surface area contributed by atoms with Crippen LogP contribution in [0.4, 0.5) is 0 Å². The maximum Gasteiger partial charge on any atom is 0.161 e. The molecule has 6 nitrogen and oxygen atoms in total. The van der Waals surface area contributed by atoms with Crippen LogP contribution in [0.1, 0.15) is 24.0 Å². The lowest BCUT2D eigenvalue weighted by Crippen LogP contribution is -1.99. The van der Waals surface area contributed by atoms with E-state index < -0.39 is 0 Å². The first-order valence-corrected chi connectivity index (χ1v) is 8.96. The molecule has 0 heterocycles. The van der Waals surface area contributed by atoms with Crippen LogP contribution < -0.4 is 18.9 Å². The van der Waals surface area contributed by atoms with E-state index in [4.69, 9.17) is 18.9 Å². The van der Waals surface area contributed by atoms with Crippen molar-refractivity contribution in [3.8, 4) is 23.0 Å². The van der Waals surface area contributed by atoms with Crippen LogP contribution in [0.3, 0.4) is 0 Å². The summed E-state index contributed by atoms with van der Waals surface area (Å²) in [6.45, 7) is 0. The Labute approximate surface area is 170 Å². The first-order valence-electron chi connectivity index (χ1n) is 8.96. The molecule has 0 atom stereocenters. The van der Waals surface area contributed by atoms with Gasteiger partial charge in [-0.1, -0.05) is 12.1 Å². The second kappa shape index (κ2) is 10.7. The minimum Gasteiger partial charge on any atom is -0.493 e. The van der Waals surface area contributed by atoms with E-state index in [0.717, 1.165) is 11.1 Å². The molecule has 2 aromatic rings. The molecule has 0 saturated heterocycles. The number of carbonyl (C=O) groups is 1. The Kier molecular flexibility index (Phi) is 8.07. The fraction of sp³-hybridized carbons (Fsp3) is 0.261. The van der Waals surface area contributed by atoms with Gasteiger partial charge in [-0.3, -0.25) is 4.79 Å². The molecule has 6 heteroatoms. The normalized spacial score (nSPS) is 9.79. The minimum absolute atomic E-state index is 0.115. The molecule has 0 fully saturated rings. The van der Waals surface area contributed by atoms with E-state index in [1.165, 1.54) is 6.08 Å². The van der Waals surface area contributed by atoms with Gasteiger partial charge in [-0.15, -0.1) is 0 Å². The van der Waals surface area contributed by atoms with E-state index in [9.17, 15) is 9.59 Å². The maximum absolute atomic E-state index is 12.5. The zero-order chi connectivity index (χ0) is 21.2. The SMILES string of the molecule is COc1ccc(C(=CC(=O)CCC=C=O)c2ccc(OC)c(OC)c2)cc1OC. The lowest BCUT2D eigenvalue weighted by molar-refractivity contribution is -0.114. The van der Waals surface area contributed by atoms with Gasteiger partial charge in [0.2, 0.25) is 0 Å². The Morgan fingerprint density at radius 3 is 1.72 bits per heavy atom. The first-order chi connectivity index (χ1) is 14.1. The number of hydrogen-bond donors (Lipinski definition) is 0. The van der Waals surface area contributed by atoms with Crippen molar-refractivity contribution >= 4 is 17.3 Å². The van der Waals surface area contributed by atoms with Gasteiger partial charge in [-0.2, -0.15) is 0 Å². The summed E-state index contributed by atoms with van der Waals surface area (Å²) in [6.07, 6.45) is 3.41. The van der Waals surface area contributed by atoms with Gasteiger partial charge in [0, 0.05) is 12.5 Å². The Morgan fingerprint density at radius 2 is 1.31 bits per heavy atom. The van der Waals surface area contributed by atoms with E-state index in [2.05, 4.69) is 0 Å². The number of benzene rings is 2. The van der Waals surface area contributed by atoms with Crippen molar-refractivity contribution in [2.75, 3.05) is 28.4 Å². The molecule has 2 aromatic carbocycles. The van der Waals surface area contributed by atoms with E-state index >= 15 is 0 Å². The lowest BCUT2D eigenvalue weighted by Gasteiger charge is -2.15. The smallest absolute Gasteiger partial charge is 0.161 e. The Bertz CT molecular complexity index is 881. The number of ketones is 1. The van der Waals surface area contributed by atoms with Crippen LogP contribution in [0, 0.1) is 0 Å². The quantitative estimate of drug-likeness (QED) is 0.448. The van der Waals surface area contributed by atoms with E-state index in [1.807, 2.05) is 12.1 Å². The average molecular weight is 396 g/mol. The van der Waals surface area contributed by atoms with Crippen molar-refractivity contribution in [1.82, 2.24) is 0 Å². The highest BCUT2D eigenvalue weighted by atomic mass is 16.5. The van der Waals surface area contributed by atoms with Crippen molar-refractivity contribution in [3.63, 3.8) is 0 Å². The summed E-state index contributed by atoms with van der Waals surface area (Å²) in [5.41, 5.74) is 2.23. The molecule has 0 saturated carbocycles. The largest absolute Gasteiger partial charge is 0.493 e. The van der Waals surface area contributed by atoms with Crippen LogP contribution in [0.25, 0.3) is 5.57 Å². The van der Waals surface area contributed by atoms with Crippen molar-refractivity contribution in [2.24, 2.45) is 0 Å². The summed E-state index contributed by atoms with van der Waals surface area (Å²) in [5.74, 6) is 3.85. The third-order valence-corrected chi connectivity index (χ3v) is 4.31.